The molecule has 0 aromatic heterocycles. The molecule has 41 heavy (non-hydrogen) atoms. The molecule has 218 valence electrons. The van der Waals surface area contributed by atoms with Crippen LogP contribution in [0.5, 0.6) is 0 Å². The van der Waals surface area contributed by atoms with E-state index in [1.165, 1.54) is 0 Å². The lowest BCUT2D eigenvalue weighted by molar-refractivity contribution is -0.255. The van der Waals surface area contributed by atoms with E-state index in [1.807, 2.05) is 36.4 Å². The number of hydrogen-bond acceptors (Lipinski definition) is 8. The SMILES string of the molecule is O=S(=O)(Nc1ccc([C@@H]2O[C@H](CN3CCC4(CC3)OCCO4)C[C@H](c3ccc(CO)cc3)O2)cc1)c1ccccc1. The Kier molecular flexibility index (Phi) is 8.41. The third-order valence-corrected chi connectivity index (χ3v) is 9.39. The predicted molar refractivity (Wildman–Crippen MR) is 152 cm³/mol. The van der Waals surface area contributed by atoms with Crippen LogP contribution in [-0.4, -0.2) is 63.2 Å². The van der Waals surface area contributed by atoms with Gasteiger partial charge in [0.2, 0.25) is 0 Å². The van der Waals surface area contributed by atoms with Gasteiger partial charge in [-0.1, -0.05) is 54.6 Å². The van der Waals surface area contributed by atoms with E-state index >= 15 is 0 Å². The van der Waals surface area contributed by atoms with Crippen molar-refractivity contribution in [2.45, 2.75) is 55.0 Å². The van der Waals surface area contributed by atoms with E-state index in [0.29, 0.717) is 25.3 Å². The number of hydrogen-bond donors (Lipinski definition) is 2. The molecule has 3 aliphatic rings. The van der Waals surface area contributed by atoms with E-state index in [-0.39, 0.29) is 23.7 Å². The number of benzene rings is 3. The van der Waals surface area contributed by atoms with E-state index in [4.69, 9.17) is 18.9 Å². The number of ether oxygens (including phenoxy) is 4. The van der Waals surface area contributed by atoms with Crippen molar-refractivity contribution in [3.63, 3.8) is 0 Å². The zero-order valence-electron chi connectivity index (χ0n) is 22.9. The fraction of sp³-hybridized carbons (Fsp3) is 0.419. The van der Waals surface area contributed by atoms with Gasteiger partial charge in [-0.25, -0.2) is 8.42 Å². The highest BCUT2D eigenvalue weighted by Crippen LogP contribution is 2.39. The molecular formula is C31H36N2O7S. The minimum atomic E-state index is -3.69. The van der Waals surface area contributed by atoms with Crippen LogP contribution in [0.4, 0.5) is 5.69 Å². The molecule has 0 saturated carbocycles. The molecule has 0 bridgehead atoms. The van der Waals surface area contributed by atoms with Gasteiger partial charge in [-0.15, -0.1) is 0 Å². The van der Waals surface area contributed by atoms with E-state index < -0.39 is 22.1 Å². The Morgan fingerprint density at radius 2 is 1.51 bits per heavy atom. The Morgan fingerprint density at radius 1 is 0.854 bits per heavy atom. The Bertz CT molecular complexity index is 1380. The maximum Gasteiger partial charge on any atom is 0.261 e. The van der Waals surface area contributed by atoms with Gasteiger partial charge in [0.15, 0.2) is 12.1 Å². The van der Waals surface area contributed by atoms with Gasteiger partial charge >= 0.3 is 0 Å². The predicted octanol–water partition coefficient (Wildman–Crippen LogP) is 4.36. The van der Waals surface area contributed by atoms with Gasteiger partial charge in [-0.3, -0.25) is 4.72 Å². The Morgan fingerprint density at radius 3 is 2.17 bits per heavy atom. The number of aliphatic hydroxyl groups is 1. The normalized spacial score (nSPS) is 24.9. The Balaban J connectivity index is 1.16. The highest BCUT2D eigenvalue weighted by Gasteiger charge is 2.41. The summed E-state index contributed by atoms with van der Waals surface area (Å²) in [4.78, 5) is 2.60. The third-order valence-electron chi connectivity index (χ3n) is 8.00. The molecule has 0 amide bonds. The van der Waals surface area contributed by atoms with Crippen molar-refractivity contribution in [2.75, 3.05) is 37.6 Å². The molecular weight excluding hydrogens is 544 g/mol. The van der Waals surface area contributed by atoms with Gasteiger partial charge in [-0.2, -0.15) is 0 Å². The van der Waals surface area contributed by atoms with Crippen LogP contribution in [0.25, 0.3) is 0 Å². The molecule has 3 saturated heterocycles. The third kappa shape index (κ3) is 6.65. The fourth-order valence-corrected chi connectivity index (χ4v) is 6.78. The molecule has 9 nitrogen and oxygen atoms in total. The quantitative estimate of drug-likeness (QED) is 0.405. The largest absolute Gasteiger partial charge is 0.392 e. The summed E-state index contributed by atoms with van der Waals surface area (Å²) in [5, 5.41) is 9.47. The second kappa shape index (κ2) is 12.2. The van der Waals surface area contributed by atoms with E-state index in [2.05, 4.69) is 9.62 Å². The van der Waals surface area contributed by atoms with Crippen LogP contribution in [-0.2, 0) is 35.6 Å². The number of rotatable bonds is 8. The lowest BCUT2D eigenvalue weighted by Gasteiger charge is -2.41. The molecule has 3 aromatic rings. The first-order chi connectivity index (χ1) is 19.9. The minimum Gasteiger partial charge on any atom is -0.392 e. The summed E-state index contributed by atoms with van der Waals surface area (Å²) in [5.74, 6) is -0.420. The summed E-state index contributed by atoms with van der Waals surface area (Å²) in [7, 11) is -3.69. The second-order valence-electron chi connectivity index (χ2n) is 10.8. The standard InChI is InChI=1S/C31H36N2O7S/c34-22-23-6-8-24(9-7-23)29-20-27(21-33-16-14-31(15-17-33)37-18-19-38-31)39-30(40-29)25-10-12-26(13-11-25)32-41(35,36)28-4-2-1-3-5-28/h1-13,27,29-30,32,34H,14-22H2/t27-,29+,30+/m0/s1. The average molecular weight is 581 g/mol. The number of nitrogens with zero attached hydrogens (tertiary/aromatic N) is 1. The Labute approximate surface area is 241 Å². The van der Waals surface area contributed by atoms with Crippen LogP contribution in [0.2, 0.25) is 0 Å². The summed E-state index contributed by atoms with van der Waals surface area (Å²) in [5.41, 5.74) is 3.14. The molecule has 1 spiro atoms. The lowest BCUT2D eigenvalue weighted by atomic mass is 9.98. The van der Waals surface area contributed by atoms with Gasteiger partial charge in [0.05, 0.1) is 36.9 Å². The molecule has 3 atom stereocenters. The molecule has 3 heterocycles. The molecule has 10 heteroatoms. The van der Waals surface area contributed by atoms with Gasteiger partial charge < -0.3 is 29.0 Å². The van der Waals surface area contributed by atoms with E-state index in [1.54, 1.807) is 42.5 Å². The first-order valence-corrected chi connectivity index (χ1v) is 15.6. The summed E-state index contributed by atoms with van der Waals surface area (Å²) in [6.45, 7) is 3.82. The molecule has 6 rings (SSSR count). The monoisotopic (exact) mass is 580 g/mol. The van der Waals surface area contributed by atoms with Crippen LogP contribution < -0.4 is 4.72 Å². The van der Waals surface area contributed by atoms with Crippen molar-refractivity contribution in [3.05, 3.63) is 95.6 Å². The minimum absolute atomic E-state index is 0.00950. The van der Waals surface area contributed by atoms with Crippen molar-refractivity contribution >= 4 is 15.7 Å². The van der Waals surface area contributed by atoms with Gasteiger partial charge in [-0.05, 0) is 35.4 Å². The van der Waals surface area contributed by atoms with Crippen molar-refractivity contribution in [1.82, 2.24) is 4.90 Å². The molecule has 2 N–H and O–H groups in total. The van der Waals surface area contributed by atoms with Crippen molar-refractivity contribution in [3.8, 4) is 0 Å². The van der Waals surface area contributed by atoms with Crippen LogP contribution in [0.3, 0.4) is 0 Å². The van der Waals surface area contributed by atoms with Crippen LogP contribution in [0.15, 0.2) is 83.8 Å². The van der Waals surface area contributed by atoms with E-state index in [9.17, 15) is 13.5 Å². The smallest absolute Gasteiger partial charge is 0.261 e. The van der Waals surface area contributed by atoms with Crippen molar-refractivity contribution in [2.24, 2.45) is 0 Å². The summed E-state index contributed by atoms with van der Waals surface area (Å²) in [6, 6.07) is 23.2. The number of anilines is 1. The molecule has 3 fully saturated rings. The van der Waals surface area contributed by atoms with Crippen LogP contribution >= 0.6 is 0 Å². The number of piperidine rings is 1. The maximum atomic E-state index is 12.8. The molecule has 0 unspecified atom stereocenters. The average Bonchev–Trinajstić information content (AvgIpc) is 3.47. The second-order valence-corrected chi connectivity index (χ2v) is 12.5. The molecule has 0 aliphatic carbocycles. The van der Waals surface area contributed by atoms with Gasteiger partial charge in [0, 0.05) is 50.1 Å². The van der Waals surface area contributed by atoms with Crippen molar-refractivity contribution in [1.29, 1.82) is 0 Å². The number of aliphatic hydroxyl groups excluding tert-OH is 1. The van der Waals surface area contributed by atoms with Gasteiger partial charge in [0.25, 0.3) is 10.0 Å². The fourth-order valence-electron chi connectivity index (χ4n) is 5.70. The topological polar surface area (TPSA) is 107 Å². The Hall–Kier alpha value is -2.83. The first-order valence-electron chi connectivity index (χ1n) is 14.1. The maximum absolute atomic E-state index is 12.8. The van der Waals surface area contributed by atoms with Gasteiger partial charge in [0.1, 0.15) is 0 Å². The molecule has 3 aliphatic heterocycles. The number of sulfonamides is 1. The van der Waals surface area contributed by atoms with Crippen LogP contribution in [0.1, 0.15) is 48.3 Å². The summed E-state index contributed by atoms with van der Waals surface area (Å²) in [6.07, 6.45) is 1.48. The number of likely N-dealkylation sites (tertiary alicyclic amines) is 1. The zero-order chi connectivity index (χ0) is 28.3. The van der Waals surface area contributed by atoms with Crippen molar-refractivity contribution < 1.29 is 32.5 Å². The zero-order valence-corrected chi connectivity index (χ0v) is 23.7. The number of nitrogens with one attached hydrogen (secondary N) is 1. The molecule has 0 radical (unpaired) electrons. The lowest BCUT2D eigenvalue weighted by Crippen LogP contribution is -2.48. The van der Waals surface area contributed by atoms with E-state index in [0.717, 1.165) is 49.2 Å². The van der Waals surface area contributed by atoms with Crippen LogP contribution in [0, 0.1) is 0 Å². The summed E-state index contributed by atoms with van der Waals surface area (Å²) < 4.78 is 52.9. The highest BCUT2D eigenvalue weighted by molar-refractivity contribution is 7.92. The molecule has 3 aromatic carbocycles. The first kappa shape index (κ1) is 28.3. The highest BCUT2D eigenvalue weighted by atomic mass is 32.2. The summed E-state index contributed by atoms with van der Waals surface area (Å²) >= 11 is 0.